The van der Waals surface area contributed by atoms with Crippen LogP contribution < -0.4 is 14.8 Å². The van der Waals surface area contributed by atoms with Crippen molar-refractivity contribution in [2.45, 2.75) is 6.54 Å². The van der Waals surface area contributed by atoms with Crippen LogP contribution in [-0.2, 0) is 6.54 Å². The maximum Gasteiger partial charge on any atom is 0.143 e. The lowest BCUT2D eigenvalue weighted by atomic mass is 10.2. The number of rotatable bonds is 5. The molecule has 0 atom stereocenters. The monoisotopic (exact) mass is 312 g/mol. The van der Waals surface area contributed by atoms with Crippen LogP contribution in [0.4, 0.5) is 5.69 Å². The average Bonchev–Trinajstić information content (AvgIpc) is 2.47. The molecule has 6 heteroatoms. The number of methoxy groups -OCH3 is 2. The Kier molecular flexibility index (Phi) is 4.93. The molecule has 2 rings (SSSR count). The molecular formula is C14H14Cl2N2O2. The van der Waals surface area contributed by atoms with E-state index in [-0.39, 0.29) is 0 Å². The third-order valence-electron chi connectivity index (χ3n) is 2.80. The van der Waals surface area contributed by atoms with Gasteiger partial charge in [-0.2, -0.15) is 0 Å². The van der Waals surface area contributed by atoms with Crippen LogP contribution in [-0.4, -0.2) is 19.2 Å². The van der Waals surface area contributed by atoms with E-state index in [0.717, 1.165) is 11.3 Å². The fraction of sp³-hybridized carbons (Fsp3) is 0.214. The minimum atomic E-state index is 0.497. The number of aromatic nitrogens is 1. The van der Waals surface area contributed by atoms with Crippen molar-refractivity contribution in [3.63, 3.8) is 0 Å². The highest BCUT2D eigenvalue weighted by Crippen LogP contribution is 2.36. The molecule has 0 aliphatic carbocycles. The summed E-state index contributed by atoms with van der Waals surface area (Å²) < 4.78 is 10.5. The van der Waals surface area contributed by atoms with Gasteiger partial charge in [0.05, 0.1) is 30.0 Å². The Balaban J connectivity index is 2.22. The molecule has 0 aliphatic rings. The molecule has 2 aromatic rings. The summed E-state index contributed by atoms with van der Waals surface area (Å²) in [6.45, 7) is 0.544. The maximum atomic E-state index is 6.07. The summed E-state index contributed by atoms with van der Waals surface area (Å²) in [5, 5.41) is 4.36. The van der Waals surface area contributed by atoms with Crippen LogP contribution in [0.3, 0.4) is 0 Å². The molecule has 0 saturated heterocycles. The first-order valence-corrected chi connectivity index (χ1v) is 6.65. The summed E-state index contributed by atoms with van der Waals surface area (Å²) in [7, 11) is 3.15. The summed E-state index contributed by atoms with van der Waals surface area (Å²) in [6.07, 6.45) is 3.31. The summed E-state index contributed by atoms with van der Waals surface area (Å²) >= 11 is 12.1. The molecule has 0 aliphatic heterocycles. The molecule has 0 saturated carbocycles. The lowest BCUT2D eigenvalue weighted by Gasteiger charge is -2.14. The van der Waals surface area contributed by atoms with E-state index in [1.165, 1.54) is 0 Å². The highest BCUT2D eigenvalue weighted by Gasteiger charge is 2.10. The van der Waals surface area contributed by atoms with Crippen molar-refractivity contribution in [2.24, 2.45) is 0 Å². The largest absolute Gasteiger partial charge is 0.495 e. The van der Waals surface area contributed by atoms with Gasteiger partial charge in [0.2, 0.25) is 0 Å². The normalized spacial score (nSPS) is 10.2. The van der Waals surface area contributed by atoms with E-state index < -0.39 is 0 Å². The quantitative estimate of drug-likeness (QED) is 0.905. The molecule has 0 unspecified atom stereocenters. The second-order valence-corrected chi connectivity index (χ2v) is 4.82. The Morgan fingerprint density at radius 1 is 1.10 bits per heavy atom. The highest BCUT2D eigenvalue weighted by molar-refractivity contribution is 6.32. The van der Waals surface area contributed by atoms with Crippen molar-refractivity contribution in [1.29, 1.82) is 0 Å². The van der Waals surface area contributed by atoms with Gasteiger partial charge < -0.3 is 14.8 Å². The zero-order chi connectivity index (χ0) is 14.5. The van der Waals surface area contributed by atoms with E-state index in [2.05, 4.69) is 10.3 Å². The van der Waals surface area contributed by atoms with E-state index in [0.29, 0.717) is 28.1 Å². The molecule has 1 heterocycles. The first-order valence-electron chi connectivity index (χ1n) is 5.89. The van der Waals surface area contributed by atoms with Gasteiger partial charge in [-0.05, 0) is 11.6 Å². The molecular weight excluding hydrogens is 299 g/mol. The van der Waals surface area contributed by atoms with Crippen LogP contribution in [0.2, 0.25) is 10.0 Å². The average molecular weight is 313 g/mol. The van der Waals surface area contributed by atoms with Gasteiger partial charge >= 0.3 is 0 Å². The van der Waals surface area contributed by atoms with Crippen molar-refractivity contribution in [2.75, 3.05) is 19.5 Å². The van der Waals surface area contributed by atoms with E-state index in [4.69, 9.17) is 32.7 Å². The number of nitrogens with zero attached hydrogens (tertiary/aromatic N) is 1. The Hall–Kier alpha value is -1.65. The van der Waals surface area contributed by atoms with Gasteiger partial charge in [-0.3, -0.25) is 4.98 Å². The van der Waals surface area contributed by atoms with E-state index in [1.54, 1.807) is 38.7 Å². The molecule has 0 spiro atoms. The third-order valence-corrected chi connectivity index (χ3v) is 3.44. The second kappa shape index (κ2) is 6.68. The van der Waals surface area contributed by atoms with Crippen LogP contribution >= 0.6 is 23.2 Å². The number of hydrogen-bond acceptors (Lipinski definition) is 4. The van der Waals surface area contributed by atoms with Crippen LogP contribution in [0.25, 0.3) is 0 Å². The molecule has 1 N–H and O–H groups in total. The number of halogens is 2. The molecule has 1 aromatic heterocycles. The molecule has 106 valence electrons. The van der Waals surface area contributed by atoms with Crippen molar-refractivity contribution in [3.8, 4) is 11.5 Å². The topological polar surface area (TPSA) is 43.4 Å². The molecule has 0 amide bonds. The van der Waals surface area contributed by atoms with Gasteiger partial charge in [0.25, 0.3) is 0 Å². The van der Waals surface area contributed by atoms with Crippen molar-refractivity contribution in [1.82, 2.24) is 4.98 Å². The SMILES string of the molecule is COc1cc(NCc2ccncc2Cl)c(OC)cc1Cl. The van der Waals surface area contributed by atoms with Gasteiger partial charge in [-0.15, -0.1) is 0 Å². The highest BCUT2D eigenvalue weighted by atomic mass is 35.5. The molecule has 1 aromatic carbocycles. The minimum absolute atomic E-state index is 0.497. The fourth-order valence-electron chi connectivity index (χ4n) is 1.74. The second-order valence-electron chi connectivity index (χ2n) is 4.01. The smallest absolute Gasteiger partial charge is 0.143 e. The van der Waals surface area contributed by atoms with E-state index in [1.807, 2.05) is 6.07 Å². The van der Waals surface area contributed by atoms with Crippen molar-refractivity contribution in [3.05, 3.63) is 46.2 Å². The Morgan fingerprint density at radius 2 is 1.85 bits per heavy atom. The summed E-state index contributed by atoms with van der Waals surface area (Å²) in [5.74, 6) is 1.22. The number of anilines is 1. The van der Waals surface area contributed by atoms with Gasteiger partial charge in [0, 0.05) is 31.1 Å². The molecule has 0 fully saturated rings. The third kappa shape index (κ3) is 3.26. The Bertz CT molecular complexity index is 606. The predicted octanol–water partition coefficient (Wildman–Crippen LogP) is 4.02. The first kappa shape index (κ1) is 14.8. The Labute approximate surface area is 127 Å². The predicted molar refractivity (Wildman–Crippen MR) is 81.1 cm³/mol. The number of hydrogen-bond donors (Lipinski definition) is 1. The molecule has 0 radical (unpaired) electrons. The van der Waals surface area contributed by atoms with Gasteiger partial charge in [0.15, 0.2) is 0 Å². The number of nitrogens with one attached hydrogen (secondary N) is 1. The van der Waals surface area contributed by atoms with Crippen LogP contribution in [0.15, 0.2) is 30.6 Å². The zero-order valence-electron chi connectivity index (χ0n) is 11.1. The molecule has 20 heavy (non-hydrogen) atoms. The minimum Gasteiger partial charge on any atom is -0.495 e. The van der Waals surface area contributed by atoms with Crippen LogP contribution in [0, 0.1) is 0 Å². The Morgan fingerprint density at radius 3 is 2.50 bits per heavy atom. The standard InChI is InChI=1S/C14H14Cl2N2O2/c1-19-13-6-12(14(20-2)5-10(13)15)18-7-9-3-4-17-8-11(9)16/h3-6,8,18H,7H2,1-2H3. The van der Waals surface area contributed by atoms with Gasteiger partial charge in [-0.1, -0.05) is 23.2 Å². The van der Waals surface area contributed by atoms with Crippen LogP contribution in [0.5, 0.6) is 11.5 Å². The number of benzene rings is 1. The summed E-state index contributed by atoms with van der Waals surface area (Å²) in [6, 6.07) is 5.35. The van der Waals surface area contributed by atoms with Crippen molar-refractivity contribution >= 4 is 28.9 Å². The summed E-state index contributed by atoms with van der Waals surface area (Å²) in [5.41, 5.74) is 1.72. The fourth-order valence-corrected chi connectivity index (χ4v) is 2.15. The number of ether oxygens (including phenoxy) is 2. The summed E-state index contributed by atoms with van der Waals surface area (Å²) in [4.78, 5) is 3.95. The van der Waals surface area contributed by atoms with Crippen molar-refractivity contribution < 1.29 is 9.47 Å². The lowest BCUT2D eigenvalue weighted by molar-refractivity contribution is 0.404. The lowest BCUT2D eigenvalue weighted by Crippen LogP contribution is -2.03. The van der Waals surface area contributed by atoms with Gasteiger partial charge in [0.1, 0.15) is 11.5 Å². The van der Waals surface area contributed by atoms with E-state index >= 15 is 0 Å². The maximum absolute atomic E-state index is 6.07. The first-order chi connectivity index (χ1) is 9.65. The van der Waals surface area contributed by atoms with Crippen LogP contribution in [0.1, 0.15) is 5.56 Å². The van der Waals surface area contributed by atoms with E-state index in [9.17, 15) is 0 Å². The molecule has 0 bridgehead atoms. The zero-order valence-corrected chi connectivity index (χ0v) is 12.6. The number of pyridine rings is 1. The molecule has 4 nitrogen and oxygen atoms in total. The van der Waals surface area contributed by atoms with Gasteiger partial charge in [-0.25, -0.2) is 0 Å².